The molecule has 3 aromatic rings. The first-order chi connectivity index (χ1) is 12.1. The second kappa shape index (κ2) is 6.17. The summed E-state index contributed by atoms with van der Waals surface area (Å²) in [7, 11) is 1.71. The molecule has 25 heavy (non-hydrogen) atoms. The number of nitrogens with zero attached hydrogens (tertiary/aromatic N) is 1. The van der Waals surface area contributed by atoms with Gasteiger partial charge in [0.15, 0.2) is 0 Å². The molecule has 5 heteroatoms. The van der Waals surface area contributed by atoms with Crippen molar-refractivity contribution in [3.05, 3.63) is 68.8 Å². The number of rotatable bonds is 3. The standard InChI is InChI=1S/C20H23N3O2/c1-12-4-5-15-11-23(7-6-14(15)8-12)20(25-3)16-10-21-18-13(2)9-22-19(24)17(16)18/h4-5,8-10,20-21H,6-7,11H2,1-3H3,(H,22,24). The molecule has 0 fully saturated rings. The monoisotopic (exact) mass is 337 g/mol. The Hall–Kier alpha value is -2.37. The molecule has 4 rings (SSSR count). The third-order valence-corrected chi connectivity index (χ3v) is 5.18. The molecule has 3 heterocycles. The normalized spacial score (nSPS) is 16.1. The molecule has 1 aliphatic rings. The van der Waals surface area contributed by atoms with E-state index < -0.39 is 0 Å². The molecule has 0 spiro atoms. The number of ether oxygens (including phenoxy) is 1. The van der Waals surface area contributed by atoms with Crippen LogP contribution in [0.5, 0.6) is 0 Å². The summed E-state index contributed by atoms with van der Waals surface area (Å²) in [5, 5.41) is 0.696. The van der Waals surface area contributed by atoms with Crippen LogP contribution < -0.4 is 5.56 Å². The largest absolute Gasteiger partial charge is 0.362 e. The van der Waals surface area contributed by atoms with Gasteiger partial charge in [-0.05, 0) is 37.0 Å². The smallest absolute Gasteiger partial charge is 0.257 e. The lowest BCUT2D eigenvalue weighted by Gasteiger charge is -2.34. The maximum Gasteiger partial charge on any atom is 0.257 e. The number of aromatic amines is 2. The van der Waals surface area contributed by atoms with Crippen LogP contribution in [-0.4, -0.2) is 28.5 Å². The van der Waals surface area contributed by atoms with Crippen molar-refractivity contribution >= 4 is 10.9 Å². The van der Waals surface area contributed by atoms with E-state index in [1.54, 1.807) is 13.3 Å². The molecule has 0 saturated carbocycles. The highest BCUT2D eigenvalue weighted by molar-refractivity contribution is 5.85. The second-order valence-electron chi connectivity index (χ2n) is 6.88. The molecular weight excluding hydrogens is 314 g/mol. The Morgan fingerprint density at radius 2 is 2.00 bits per heavy atom. The van der Waals surface area contributed by atoms with E-state index in [0.29, 0.717) is 5.39 Å². The van der Waals surface area contributed by atoms with Gasteiger partial charge < -0.3 is 14.7 Å². The van der Waals surface area contributed by atoms with Crippen LogP contribution >= 0.6 is 0 Å². The molecule has 2 aromatic heterocycles. The van der Waals surface area contributed by atoms with Crippen molar-refractivity contribution in [1.82, 2.24) is 14.9 Å². The van der Waals surface area contributed by atoms with Crippen LogP contribution in [-0.2, 0) is 17.7 Å². The van der Waals surface area contributed by atoms with Gasteiger partial charge in [-0.2, -0.15) is 0 Å². The fourth-order valence-electron chi connectivity index (χ4n) is 3.88. The Morgan fingerprint density at radius 3 is 2.80 bits per heavy atom. The average molecular weight is 337 g/mol. The fourth-order valence-corrected chi connectivity index (χ4v) is 3.88. The first kappa shape index (κ1) is 16.1. The van der Waals surface area contributed by atoms with Gasteiger partial charge in [-0.3, -0.25) is 9.69 Å². The molecule has 0 aliphatic carbocycles. The van der Waals surface area contributed by atoms with Gasteiger partial charge in [-0.1, -0.05) is 23.8 Å². The Kier molecular flexibility index (Phi) is 3.98. The number of hydrogen-bond donors (Lipinski definition) is 2. The van der Waals surface area contributed by atoms with Gasteiger partial charge in [0.05, 0.1) is 10.9 Å². The van der Waals surface area contributed by atoms with Gasteiger partial charge in [-0.25, -0.2) is 0 Å². The molecule has 130 valence electrons. The lowest BCUT2D eigenvalue weighted by atomic mass is 9.97. The third-order valence-electron chi connectivity index (χ3n) is 5.18. The summed E-state index contributed by atoms with van der Waals surface area (Å²) < 4.78 is 5.83. The zero-order valence-electron chi connectivity index (χ0n) is 14.8. The van der Waals surface area contributed by atoms with E-state index in [2.05, 4.69) is 40.0 Å². The van der Waals surface area contributed by atoms with Crippen molar-refractivity contribution in [2.24, 2.45) is 0 Å². The number of aromatic nitrogens is 2. The predicted octanol–water partition coefficient (Wildman–Crippen LogP) is 3.18. The summed E-state index contributed by atoms with van der Waals surface area (Å²) in [6, 6.07) is 6.63. The second-order valence-corrected chi connectivity index (χ2v) is 6.88. The summed E-state index contributed by atoms with van der Waals surface area (Å²) in [6.07, 6.45) is 4.40. The number of pyridine rings is 1. The van der Waals surface area contributed by atoms with Crippen LogP contribution in [0.4, 0.5) is 0 Å². The number of H-pyrrole nitrogens is 2. The van der Waals surface area contributed by atoms with E-state index in [-0.39, 0.29) is 11.8 Å². The molecule has 1 unspecified atom stereocenters. The number of nitrogens with one attached hydrogen (secondary N) is 2. The highest BCUT2D eigenvalue weighted by Crippen LogP contribution is 2.32. The van der Waals surface area contributed by atoms with Gasteiger partial charge in [0.2, 0.25) is 0 Å². The molecule has 1 atom stereocenters. The van der Waals surface area contributed by atoms with Crippen molar-refractivity contribution in [2.75, 3.05) is 13.7 Å². The summed E-state index contributed by atoms with van der Waals surface area (Å²) >= 11 is 0. The van der Waals surface area contributed by atoms with E-state index in [9.17, 15) is 4.79 Å². The highest BCUT2D eigenvalue weighted by atomic mass is 16.5. The van der Waals surface area contributed by atoms with Crippen LogP contribution in [0.15, 0.2) is 35.4 Å². The fraction of sp³-hybridized carbons (Fsp3) is 0.350. The Labute approximate surface area is 146 Å². The number of methoxy groups -OCH3 is 1. The molecule has 1 aromatic carbocycles. The Balaban J connectivity index is 1.74. The summed E-state index contributed by atoms with van der Waals surface area (Å²) in [4.78, 5) is 20.8. The minimum Gasteiger partial charge on any atom is -0.362 e. The van der Waals surface area contributed by atoms with E-state index in [4.69, 9.17) is 4.74 Å². The molecule has 0 bridgehead atoms. The number of hydrogen-bond acceptors (Lipinski definition) is 3. The Morgan fingerprint density at radius 1 is 1.16 bits per heavy atom. The molecule has 0 radical (unpaired) electrons. The maximum atomic E-state index is 12.4. The molecule has 2 N–H and O–H groups in total. The predicted molar refractivity (Wildman–Crippen MR) is 98.7 cm³/mol. The summed E-state index contributed by atoms with van der Waals surface area (Å²) in [5.74, 6) is 0. The Bertz CT molecular complexity index is 986. The SMILES string of the molecule is COC(c1c[nH]c2c(C)c[nH]c(=O)c12)N1CCc2cc(C)ccc2C1. The van der Waals surface area contributed by atoms with Crippen molar-refractivity contribution < 1.29 is 4.74 Å². The lowest BCUT2D eigenvalue weighted by Crippen LogP contribution is -2.35. The quantitative estimate of drug-likeness (QED) is 0.772. The molecule has 0 amide bonds. The van der Waals surface area contributed by atoms with E-state index in [1.807, 2.05) is 13.1 Å². The number of benzene rings is 1. The van der Waals surface area contributed by atoms with Gasteiger partial charge in [0.25, 0.3) is 5.56 Å². The van der Waals surface area contributed by atoms with Crippen molar-refractivity contribution in [2.45, 2.75) is 33.0 Å². The van der Waals surface area contributed by atoms with Gasteiger partial charge in [0.1, 0.15) is 6.23 Å². The van der Waals surface area contributed by atoms with Crippen molar-refractivity contribution in [1.29, 1.82) is 0 Å². The maximum absolute atomic E-state index is 12.4. The van der Waals surface area contributed by atoms with Crippen molar-refractivity contribution in [3.8, 4) is 0 Å². The first-order valence-electron chi connectivity index (χ1n) is 8.63. The zero-order valence-corrected chi connectivity index (χ0v) is 14.8. The molecular formula is C20H23N3O2. The first-order valence-corrected chi connectivity index (χ1v) is 8.63. The van der Waals surface area contributed by atoms with Gasteiger partial charge in [-0.15, -0.1) is 0 Å². The highest BCUT2D eigenvalue weighted by Gasteiger charge is 2.27. The summed E-state index contributed by atoms with van der Waals surface area (Å²) in [5.41, 5.74) is 6.78. The average Bonchev–Trinajstić information content (AvgIpc) is 3.05. The van der Waals surface area contributed by atoms with E-state index in [0.717, 1.165) is 36.2 Å². The van der Waals surface area contributed by atoms with Crippen LogP contribution in [0.1, 0.15) is 34.0 Å². The molecule has 5 nitrogen and oxygen atoms in total. The summed E-state index contributed by atoms with van der Waals surface area (Å²) in [6.45, 7) is 5.85. The molecule has 0 saturated heterocycles. The minimum atomic E-state index is -0.244. The number of aryl methyl sites for hydroxylation is 2. The lowest BCUT2D eigenvalue weighted by molar-refractivity contribution is -0.0419. The minimum absolute atomic E-state index is 0.0769. The van der Waals surface area contributed by atoms with Crippen LogP contribution in [0.2, 0.25) is 0 Å². The molecule has 1 aliphatic heterocycles. The third kappa shape index (κ3) is 2.69. The van der Waals surface area contributed by atoms with Gasteiger partial charge in [0, 0.05) is 38.2 Å². The van der Waals surface area contributed by atoms with E-state index in [1.165, 1.54) is 16.7 Å². The van der Waals surface area contributed by atoms with Crippen LogP contribution in [0.3, 0.4) is 0 Å². The number of fused-ring (bicyclic) bond motifs is 2. The van der Waals surface area contributed by atoms with Crippen LogP contribution in [0.25, 0.3) is 10.9 Å². The van der Waals surface area contributed by atoms with E-state index >= 15 is 0 Å². The van der Waals surface area contributed by atoms with Crippen LogP contribution in [0, 0.1) is 13.8 Å². The topological polar surface area (TPSA) is 61.1 Å². The zero-order chi connectivity index (χ0) is 17.6. The van der Waals surface area contributed by atoms with Crippen molar-refractivity contribution in [3.63, 3.8) is 0 Å². The van der Waals surface area contributed by atoms with Gasteiger partial charge >= 0.3 is 0 Å².